The molecule has 2 N–H and O–H groups in total. The molecule has 7 nitrogen and oxygen atoms in total. The summed E-state index contributed by atoms with van der Waals surface area (Å²) in [5, 5.41) is 8.77. The van der Waals surface area contributed by atoms with Crippen LogP contribution in [0, 0.1) is 0 Å². The Labute approximate surface area is 210 Å². The summed E-state index contributed by atoms with van der Waals surface area (Å²) in [6, 6.07) is 23.2. The Kier molecular flexibility index (Phi) is 11.7. The van der Waals surface area contributed by atoms with Gasteiger partial charge in [-0.05, 0) is 54.1 Å². The van der Waals surface area contributed by atoms with Crippen molar-refractivity contribution in [3.63, 3.8) is 0 Å². The summed E-state index contributed by atoms with van der Waals surface area (Å²) in [7, 11) is -3.61. The Hall–Kier alpha value is -4.01. The average molecular weight is 508 g/mol. The van der Waals surface area contributed by atoms with Crippen LogP contribution in [0.15, 0.2) is 127 Å². The van der Waals surface area contributed by atoms with Crippen LogP contribution in [0.1, 0.15) is 6.92 Å². The third-order valence-electron chi connectivity index (χ3n) is 4.01. The molecule has 5 rings (SSSR count). The fourth-order valence-corrected chi connectivity index (χ4v) is 3.82. The monoisotopic (exact) mass is 507 g/mol. The van der Waals surface area contributed by atoms with E-state index in [1.165, 1.54) is 29.1 Å². The number of allylic oxidation sites excluding steroid dienone is 1. The van der Waals surface area contributed by atoms with Gasteiger partial charge in [0, 0.05) is 31.0 Å². The molecule has 0 unspecified atom stereocenters. The number of rotatable bonds is 3. The summed E-state index contributed by atoms with van der Waals surface area (Å²) >= 11 is 5.78. The minimum atomic E-state index is -3.61. The number of benzene rings is 2. The zero-order valence-electron chi connectivity index (χ0n) is 19.1. The standard InChI is InChI=1S/C11H9ClN2O2S.C9H7N.C3H4N2.C3H6/c12-11-10(7-4-8-13-11)14-17(15,16)9-5-2-1-3-6-9;1-2-4-9-7-10-6-5-8(9)3-1;1-2-4-5-3-1;1-3-2/h1-8,14H;1-7H;1-3H,(H,4,5);3H,1H2,2H3. The van der Waals surface area contributed by atoms with Crippen molar-refractivity contribution in [2.75, 3.05) is 4.72 Å². The minimum absolute atomic E-state index is 0.118. The molecule has 0 aliphatic carbocycles. The summed E-state index contributed by atoms with van der Waals surface area (Å²) in [6.45, 7) is 5.25. The SMILES string of the molecule is C=CC.O=S(=O)(Nc1cccnc1Cl)c1ccccc1.c1ccc2cnccc2c1.c1cn[nH]c1. The third kappa shape index (κ3) is 9.79. The normalized spacial score (nSPS) is 9.77. The molecule has 35 heavy (non-hydrogen) atoms. The van der Waals surface area contributed by atoms with Crippen molar-refractivity contribution < 1.29 is 8.42 Å². The molecule has 9 heteroatoms. The number of halogens is 1. The number of pyridine rings is 2. The topological polar surface area (TPSA) is 101 Å². The van der Waals surface area contributed by atoms with Gasteiger partial charge in [-0.2, -0.15) is 5.10 Å². The molecular weight excluding hydrogens is 482 g/mol. The molecule has 0 aliphatic heterocycles. The van der Waals surface area contributed by atoms with Gasteiger partial charge in [-0.1, -0.05) is 60.1 Å². The highest BCUT2D eigenvalue weighted by Crippen LogP contribution is 2.21. The molecule has 2 aromatic carbocycles. The molecule has 0 spiro atoms. The van der Waals surface area contributed by atoms with Crippen molar-refractivity contribution in [1.82, 2.24) is 20.2 Å². The molecular formula is C26H26ClN5O2S. The Bertz CT molecular complexity index is 1300. The second-order valence-corrected chi connectivity index (χ2v) is 8.70. The van der Waals surface area contributed by atoms with Gasteiger partial charge in [0.2, 0.25) is 0 Å². The van der Waals surface area contributed by atoms with E-state index in [0.717, 1.165) is 0 Å². The quantitative estimate of drug-likeness (QED) is 0.218. The maximum Gasteiger partial charge on any atom is 0.261 e. The molecule has 0 bridgehead atoms. The summed E-state index contributed by atoms with van der Waals surface area (Å²) in [4.78, 5) is 7.99. The predicted molar refractivity (Wildman–Crippen MR) is 143 cm³/mol. The highest BCUT2D eigenvalue weighted by atomic mass is 35.5. The van der Waals surface area contributed by atoms with Gasteiger partial charge in [0.1, 0.15) is 0 Å². The fraction of sp³-hybridized carbons (Fsp3) is 0.0385. The second-order valence-electron chi connectivity index (χ2n) is 6.66. The zero-order valence-corrected chi connectivity index (χ0v) is 20.7. The molecule has 5 aromatic rings. The second kappa shape index (κ2) is 15.0. The van der Waals surface area contributed by atoms with E-state index in [-0.39, 0.29) is 15.7 Å². The number of aromatic amines is 1. The van der Waals surface area contributed by atoms with Crippen LogP contribution in [0.2, 0.25) is 5.15 Å². The largest absolute Gasteiger partial charge is 0.286 e. The van der Waals surface area contributed by atoms with Crippen molar-refractivity contribution in [1.29, 1.82) is 0 Å². The van der Waals surface area contributed by atoms with Gasteiger partial charge in [0.05, 0.1) is 10.6 Å². The maximum atomic E-state index is 12.0. The van der Waals surface area contributed by atoms with E-state index in [0.29, 0.717) is 0 Å². The average Bonchev–Trinajstić information content (AvgIpc) is 3.48. The molecule has 0 radical (unpaired) electrons. The highest BCUT2D eigenvalue weighted by molar-refractivity contribution is 7.92. The number of hydrogen-bond acceptors (Lipinski definition) is 5. The van der Waals surface area contributed by atoms with E-state index in [2.05, 4.69) is 43.6 Å². The summed E-state index contributed by atoms with van der Waals surface area (Å²) < 4.78 is 26.3. The van der Waals surface area contributed by atoms with Crippen LogP contribution in [0.25, 0.3) is 10.8 Å². The van der Waals surface area contributed by atoms with Crippen LogP contribution in [-0.4, -0.2) is 28.6 Å². The lowest BCUT2D eigenvalue weighted by atomic mass is 10.2. The first-order valence-corrected chi connectivity index (χ1v) is 12.3. The van der Waals surface area contributed by atoms with Crippen molar-refractivity contribution >= 4 is 38.1 Å². The van der Waals surface area contributed by atoms with Crippen LogP contribution >= 0.6 is 11.6 Å². The van der Waals surface area contributed by atoms with Crippen LogP contribution in [0.5, 0.6) is 0 Å². The number of fused-ring (bicyclic) bond motifs is 1. The summed E-state index contributed by atoms with van der Waals surface area (Å²) in [5.74, 6) is 0. The van der Waals surface area contributed by atoms with Crippen LogP contribution in [-0.2, 0) is 10.0 Å². The Morgan fingerprint density at radius 2 is 1.57 bits per heavy atom. The minimum Gasteiger partial charge on any atom is -0.286 e. The first-order valence-electron chi connectivity index (χ1n) is 10.5. The van der Waals surface area contributed by atoms with Crippen molar-refractivity contribution in [3.8, 4) is 0 Å². The molecule has 3 heterocycles. The number of nitrogens with one attached hydrogen (secondary N) is 2. The molecule has 0 aliphatic rings. The van der Waals surface area contributed by atoms with Crippen LogP contribution in [0.3, 0.4) is 0 Å². The summed E-state index contributed by atoms with van der Waals surface area (Å²) in [5.41, 5.74) is 0.262. The van der Waals surface area contributed by atoms with E-state index < -0.39 is 10.0 Å². The smallest absolute Gasteiger partial charge is 0.261 e. The number of H-pyrrole nitrogens is 1. The summed E-state index contributed by atoms with van der Waals surface area (Å²) in [6.07, 6.45) is 10.4. The molecule has 0 atom stereocenters. The number of anilines is 1. The van der Waals surface area contributed by atoms with Gasteiger partial charge >= 0.3 is 0 Å². The Balaban J connectivity index is 0.000000200. The lowest BCUT2D eigenvalue weighted by Crippen LogP contribution is -2.13. The van der Waals surface area contributed by atoms with Gasteiger partial charge in [0.15, 0.2) is 5.15 Å². The van der Waals surface area contributed by atoms with E-state index in [9.17, 15) is 8.42 Å². The van der Waals surface area contributed by atoms with Gasteiger partial charge in [-0.25, -0.2) is 13.4 Å². The molecule has 0 fully saturated rings. The third-order valence-corrected chi connectivity index (χ3v) is 5.70. The van der Waals surface area contributed by atoms with Crippen LogP contribution < -0.4 is 4.72 Å². The van der Waals surface area contributed by atoms with Crippen molar-refractivity contribution in [2.45, 2.75) is 11.8 Å². The fourth-order valence-electron chi connectivity index (χ4n) is 2.51. The Morgan fingerprint density at radius 3 is 2.14 bits per heavy atom. The molecule has 180 valence electrons. The maximum absolute atomic E-state index is 12.0. The van der Waals surface area contributed by atoms with Gasteiger partial charge in [0.25, 0.3) is 10.0 Å². The lowest BCUT2D eigenvalue weighted by molar-refractivity contribution is 0.601. The van der Waals surface area contributed by atoms with E-state index in [1.54, 1.807) is 48.8 Å². The number of nitrogens with zero attached hydrogens (tertiary/aromatic N) is 3. The highest BCUT2D eigenvalue weighted by Gasteiger charge is 2.14. The number of sulfonamides is 1. The number of aromatic nitrogens is 4. The van der Waals surface area contributed by atoms with Crippen molar-refractivity contribution in [3.05, 3.63) is 128 Å². The van der Waals surface area contributed by atoms with Gasteiger partial charge in [-0.3, -0.25) is 14.8 Å². The molecule has 0 saturated carbocycles. The lowest BCUT2D eigenvalue weighted by Gasteiger charge is -2.08. The van der Waals surface area contributed by atoms with Crippen LogP contribution in [0.4, 0.5) is 5.69 Å². The zero-order chi connectivity index (χ0) is 25.4. The first-order chi connectivity index (χ1) is 17.0. The van der Waals surface area contributed by atoms with Crippen molar-refractivity contribution in [2.24, 2.45) is 0 Å². The van der Waals surface area contributed by atoms with E-state index in [4.69, 9.17) is 11.6 Å². The van der Waals surface area contributed by atoms with Gasteiger partial charge < -0.3 is 0 Å². The first kappa shape index (κ1) is 27.2. The molecule has 0 amide bonds. The Morgan fingerprint density at radius 1 is 0.886 bits per heavy atom. The van der Waals surface area contributed by atoms with Gasteiger partial charge in [-0.15, -0.1) is 6.58 Å². The van der Waals surface area contributed by atoms with E-state index >= 15 is 0 Å². The predicted octanol–water partition coefficient (Wildman–Crippen LogP) is 6.37. The molecule has 3 aromatic heterocycles. The number of hydrogen-bond donors (Lipinski definition) is 2. The van der Waals surface area contributed by atoms with E-state index in [1.807, 2.05) is 43.6 Å². The molecule has 0 saturated heterocycles.